The van der Waals surface area contributed by atoms with Crippen molar-refractivity contribution in [2.75, 3.05) is 19.0 Å². The first-order valence-electron chi connectivity index (χ1n) is 11.0. The predicted molar refractivity (Wildman–Crippen MR) is 120 cm³/mol. The van der Waals surface area contributed by atoms with Crippen LogP contribution in [-0.2, 0) is 4.74 Å². The van der Waals surface area contributed by atoms with E-state index < -0.39 is 0 Å². The Hall–Kier alpha value is -1.98. The third-order valence-electron chi connectivity index (χ3n) is 6.07. The molecule has 0 bridgehead atoms. The van der Waals surface area contributed by atoms with Crippen molar-refractivity contribution in [1.82, 2.24) is 10.3 Å². The minimum Gasteiger partial charge on any atom is -0.378 e. The summed E-state index contributed by atoms with van der Waals surface area (Å²) in [6, 6.07) is 8.93. The maximum atomic E-state index is 12.2. The first kappa shape index (κ1) is 21.7. The third kappa shape index (κ3) is 5.55. The van der Waals surface area contributed by atoms with Crippen molar-refractivity contribution < 1.29 is 9.53 Å². The van der Waals surface area contributed by atoms with Gasteiger partial charge in [-0.25, -0.2) is 4.98 Å². The first-order valence-corrected chi connectivity index (χ1v) is 11.0. The number of ether oxygens (including phenoxy) is 1. The van der Waals surface area contributed by atoms with Gasteiger partial charge in [-0.1, -0.05) is 37.8 Å². The molecule has 1 fully saturated rings. The quantitative estimate of drug-likeness (QED) is 0.591. The standard InChI is InChI=1S/C24H35N3O2/c1-5-21(26-19-9-7-6-8-10-19)23(29-4)15-25-24-20(17(3)28)14-18-13-16(2)11-12-22(18)27-24/h11-14,19,21,23,26H,5-10,15H2,1-4H3,(H,25,27)/t21?,23-/m0/s1. The van der Waals surface area contributed by atoms with E-state index in [0.717, 1.165) is 22.9 Å². The van der Waals surface area contributed by atoms with Crippen molar-refractivity contribution in [3.8, 4) is 0 Å². The molecular weight excluding hydrogens is 362 g/mol. The van der Waals surface area contributed by atoms with Crippen molar-refractivity contribution in [3.05, 3.63) is 35.4 Å². The molecule has 3 rings (SSSR count). The highest BCUT2D eigenvalue weighted by Crippen LogP contribution is 2.23. The Morgan fingerprint density at radius 2 is 2.00 bits per heavy atom. The average molecular weight is 398 g/mol. The van der Waals surface area contributed by atoms with E-state index >= 15 is 0 Å². The highest BCUT2D eigenvalue weighted by Gasteiger charge is 2.24. The topological polar surface area (TPSA) is 63.2 Å². The van der Waals surface area contributed by atoms with Gasteiger partial charge in [0, 0.05) is 31.1 Å². The Bertz CT molecular complexity index is 830. The van der Waals surface area contributed by atoms with E-state index in [1.165, 1.54) is 32.1 Å². The van der Waals surface area contributed by atoms with Gasteiger partial charge in [-0.3, -0.25) is 4.79 Å². The summed E-state index contributed by atoms with van der Waals surface area (Å²) in [4.78, 5) is 17.0. The first-order chi connectivity index (χ1) is 14.0. The van der Waals surface area contributed by atoms with Crippen LogP contribution in [0.4, 0.5) is 5.82 Å². The average Bonchev–Trinajstić information content (AvgIpc) is 2.73. The second-order valence-corrected chi connectivity index (χ2v) is 8.31. The molecule has 1 heterocycles. The van der Waals surface area contributed by atoms with E-state index in [1.807, 2.05) is 25.1 Å². The smallest absolute Gasteiger partial charge is 0.163 e. The number of anilines is 1. The van der Waals surface area contributed by atoms with Crippen molar-refractivity contribution in [3.63, 3.8) is 0 Å². The molecule has 1 unspecified atom stereocenters. The fraction of sp³-hybridized carbons (Fsp3) is 0.583. The molecule has 2 N–H and O–H groups in total. The van der Waals surface area contributed by atoms with Gasteiger partial charge in [0.05, 0.1) is 17.2 Å². The zero-order chi connectivity index (χ0) is 20.8. The van der Waals surface area contributed by atoms with Gasteiger partial charge in [0.2, 0.25) is 0 Å². The molecule has 0 saturated heterocycles. The van der Waals surface area contributed by atoms with E-state index in [1.54, 1.807) is 14.0 Å². The number of ketones is 1. The zero-order valence-electron chi connectivity index (χ0n) is 18.3. The molecule has 2 atom stereocenters. The lowest BCUT2D eigenvalue weighted by molar-refractivity contribution is 0.0699. The maximum Gasteiger partial charge on any atom is 0.163 e. The summed E-state index contributed by atoms with van der Waals surface area (Å²) >= 11 is 0. The lowest BCUT2D eigenvalue weighted by Gasteiger charge is -2.32. The van der Waals surface area contributed by atoms with Crippen LogP contribution in [0.5, 0.6) is 0 Å². The number of aromatic nitrogens is 1. The van der Waals surface area contributed by atoms with E-state index in [0.29, 0.717) is 24.0 Å². The molecule has 0 radical (unpaired) electrons. The summed E-state index contributed by atoms with van der Waals surface area (Å²) < 4.78 is 5.83. The number of pyridine rings is 1. The SMILES string of the molecule is CCC(NC1CCCCC1)[C@H](CNc1nc2ccc(C)cc2cc1C(C)=O)OC. The summed E-state index contributed by atoms with van der Waals surface area (Å²) in [6.45, 7) is 6.45. The number of nitrogens with one attached hydrogen (secondary N) is 2. The van der Waals surface area contributed by atoms with Crippen LogP contribution in [0, 0.1) is 6.92 Å². The van der Waals surface area contributed by atoms with Gasteiger partial charge in [0.1, 0.15) is 5.82 Å². The zero-order valence-corrected chi connectivity index (χ0v) is 18.3. The minimum absolute atomic E-state index is 0.0113. The Labute approximate surface area is 174 Å². The molecule has 1 aliphatic rings. The number of fused-ring (bicyclic) bond motifs is 1. The monoisotopic (exact) mass is 397 g/mol. The molecule has 2 aromatic rings. The number of Topliss-reactive ketones (excluding diaryl/α,β-unsaturated/α-hetero) is 1. The summed E-state index contributed by atoms with van der Waals surface area (Å²) in [6.07, 6.45) is 7.49. The van der Waals surface area contributed by atoms with E-state index in [-0.39, 0.29) is 17.9 Å². The Morgan fingerprint density at radius 3 is 2.66 bits per heavy atom. The maximum absolute atomic E-state index is 12.2. The number of benzene rings is 1. The fourth-order valence-electron chi connectivity index (χ4n) is 4.35. The normalized spacial score (nSPS) is 17.2. The lowest BCUT2D eigenvalue weighted by Crippen LogP contribution is -2.49. The van der Waals surface area contributed by atoms with Crippen molar-refractivity contribution in [2.24, 2.45) is 0 Å². The van der Waals surface area contributed by atoms with Crippen LogP contribution in [0.25, 0.3) is 10.9 Å². The van der Waals surface area contributed by atoms with Crippen molar-refractivity contribution in [2.45, 2.75) is 77.5 Å². The lowest BCUT2D eigenvalue weighted by atomic mass is 9.94. The molecule has 1 aromatic heterocycles. The summed E-state index contributed by atoms with van der Waals surface area (Å²) in [7, 11) is 1.76. The molecule has 1 saturated carbocycles. The number of carbonyl (C=O) groups is 1. The van der Waals surface area contributed by atoms with Gasteiger partial charge in [0.25, 0.3) is 0 Å². The van der Waals surface area contributed by atoms with E-state index in [4.69, 9.17) is 9.72 Å². The van der Waals surface area contributed by atoms with Crippen LogP contribution in [0.2, 0.25) is 0 Å². The summed E-state index contributed by atoms with van der Waals surface area (Å²) in [5.74, 6) is 0.660. The van der Waals surface area contributed by atoms with Crippen LogP contribution < -0.4 is 10.6 Å². The van der Waals surface area contributed by atoms with Crippen LogP contribution >= 0.6 is 0 Å². The third-order valence-corrected chi connectivity index (χ3v) is 6.07. The van der Waals surface area contributed by atoms with Gasteiger partial charge in [0.15, 0.2) is 5.78 Å². The molecule has 0 aliphatic heterocycles. The minimum atomic E-state index is 0.0113. The molecule has 1 aliphatic carbocycles. The Balaban J connectivity index is 1.74. The van der Waals surface area contributed by atoms with Crippen LogP contribution in [0.15, 0.2) is 24.3 Å². The van der Waals surface area contributed by atoms with Gasteiger partial charge in [-0.05, 0) is 51.3 Å². The number of methoxy groups -OCH3 is 1. The van der Waals surface area contributed by atoms with Crippen LogP contribution in [0.1, 0.15) is 68.3 Å². The molecule has 0 spiro atoms. The van der Waals surface area contributed by atoms with E-state index in [9.17, 15) is 4.79 Å². The van der Waals surface area contributed by atoms with Gasteiger partial charge < -0.3 is 15.4 Å². The van der Waals surface area contributed by atoms with Crippen molar-refractivity contribution in [1.29, 1.82) is 0 Å². The Morgan fingerprint density at radius 1 is 1.24 bits per heavy atom. The van der Waals surface area contributed by atoms with Crippen LogP contribution in [0.3, 0.4) is 0 Å². The number of hydrogen-bond acceptors (Lipinski definition) is 5. The summed E-state index contributed by atoms with van der Waals surface area (Å²) in [5.41, 5.74) is 2.68. The molecule has 5 nitrogen and oxygen atoms in total. The van der Waals surface area contributed by atoms with E-state index in [2.05, 4.69) is 23.6 Å². The van der Waals surface area contributed by atoms with Crippen molar-refractivity contribution >= 4 is 22.5 Å². The molecule has 29 heavy (non-hydrogen) atoms. The highest BCUT2D eigenvalue weighted by atomic mass is 16.5. The second-order valence-electron chi connectivity index (χ2n) is 8.31. The van der Waals surface area contributed by atoms with Gasteiger partial charge in [-0.15, -0.1) is 0 Å². The number of rotatable bonds is 9. The summed E-state index contributed by atoms with van der Waals surface area (Å²) in [5, 5.41) is 8.22. The highest BCUT2D eigenvalue weighted by molar-refractivity contribution is 6.02. The molecule has 5 heteroatoms. The van der Waals surface area contributed by atoms with Gasteiger partial charge in [-0.2, -0.15) is 0 Å². The van der Waals surface area contributed by atoms with Crippen LogP contribution in [-0.4, -0.2) is 42.6 Å². The Kier molecular flexibility index (Phi) is 7.62. The number of aryl methyl sites for hydroxylation is 1. The molecule has 158 valence electrons. The molecule has 0 amide bonds. The largest absolute Gasteiger partial charge is 0.378 e. The second kappa shape index (κ2) is 10.2. The number of nitrogens with zero attached hydrogens (tertiary/aromatic N) is 1. The van der Waals surface area contributed by atoms with Gasteiger partial charge >= 0.3 is 0 Å². The molecule has 1 aromatic carbocycles. The molecular formula is C24H35N3O2. The number of hydrogen-bond donors (Lipinski definition) is 2. The number of carbonyl (C=O) groups excluding carboxylic acids is 1. The fourth-order valence-corrected chi connectivity index (χ4v) is 4.35. The predicted octanol–water partition coefficient (Wildman–Crippen LogP) is 4.87.